The van der Waals surface area contributed by atoms with Crippen molar-refractivity contribution in [2.24, 2.45) is 5.73 Å². The van der Waals surface area contributed by atoms with Gasteiger partial charge in [-0.2, -0.15) is 0 Å². The highest BCUT2D eigenvalue weighted by Crippen LogP contribution is 2.16. The van der Waals surface area contributed by atoms with Crippen molar-refractivity contribution in [1.29, 1.82) is 0 Å². The Hall–Kier alpha value is -0.650. The molecule has 5 heteroatoms. The summed E-state index contributed by atoms with van der Waals surface area (Å²) in [5.74, 6) is -0.319. The fourth-order valence-corrected chi connectivity index (χ4v) is 2.51. The molecule has 2 N–H and O–H groups in total. The maximum absolute atomic E-state index is 11.8. The largest absolute Gasteiger partial charge is 0.465 e. The molecule has 1 aliphatic rings. The Labute approximate surface area is 110 Å². The molecule has 0 aliphatic carbocycles. The fraction of sp³-hybridized carbons (Fsp3) is 0.923. The van der Waals surface area contributed by atoms with Gasteiger partial charge >= 0.3 is 5.97 Å². The van der Waals surface area contributed by atoms with E-state index in [4.69, 9.17) is 10.5 Å². The molecule has 5 nitrogen and oxygen atoms in total. The van der Waals surface area contributed by atoms with Crippen LogP contribution < -0.4 is 5.73 Å². The van der Waals surface area contributed by atoms with E-state index in [0.717, 1.165) is 13.1 Å². The summed E-state index contributed by atoms with van der Waals surface area (Å²) < 4.78 is 5.01. The van der Waals surface area contributed by atoms with Gasteiger partial charge in [0.25, 0.3) is 0 Å². The van der Waals surface area contributed by atoms with E-state index in [1.165, 1.54) is 12.8 Å². The van der Waals surface area contributed by atoms with E-state index in [2.05, 4.69) is 16.8 Å². The van der Waals surface area contributed by atoms with Crippen LogP contribution in [0.5, 0.6) is 0 Å². The minimum absolute atomic E-state index is 0.319. The first-order valence-corrected chi connectivity index (χ1v) is 6.71. The number of ether oxygens (including phenoxy) is 1. The molecule has 106 valence electrons. The van der Waals surface area contributed by atoms with Gasteiger partial charge < -0.3 is 15.4 Å². The average Bonchev–Trinajstić information content (AvgIpc) is 2.28. The van der Waals surface area contributed by atoms with Gasteiger partial charge in [-0.1, -0.05) is 0 Å². The number of esters is 1. The smallest absolute Gasteiger partial charge is 0.327 e. The third-order valence-corrected chi connectivity index (χ3v) is 3.54. The second-order valence-corrected chi connectivity index (χ2v) is 5.61. The van der Waals surface area contributed by atoms with Gasteiger partial charge in [-0.25, -0.2) is 0 Å². The Morgan fingerprint density at radius 1 is 1.61 bits per heavy atom. The summed E-state index contributed by atoms with van der Waals surface area (Å²) in [5.41, 5.74) is 5.13. The van der Waals surface area contributed by atoms with E-state index in [9.17, 15) is 4.79 Å². The number of nitrogens with zero attached hydrogens (tertiary/aromatic N) is 2. The highest BCUT2D eigenvalue weighted by molar-refractivity contribution is 5.80. The highest BCUT2D eigenvalue weighted by atomic mass is 16.5. The zero-order valence-electron chi connectivity index (χ0n) is 12.1. The van der Waals surface area contributed by atoms with Crippen molar-refractivity contribution in [3.8, 4) is 0 Å². The Bertz CT molecular complexity index is 281. The molecule has 1 saturated heterocycles. The first kappa shape index (κ1) is 15.4. The lowest BCUT2D eigenvalue weighted by Gasteiger charge is -2.38. The van der Waals surface area contributed by atoms with Crippen LogP contribution in [0.3, 0.4) is 0 Å². The van der Waals surface area contributed by atoms with Crippen molar-refractivity contribution in [3.63, 3.8) is 0 Å². The number of carbonyl (C=O) groups is 1. The number of nitrogens with two attached hydrogens (primary N) is 1. The van der Waals surface area contributed by atoms with Crippen LogP contribution in [0.25, 0.3) is 0 Å². The van der Waals surface area contributed by atoms with Crippen molar-refractivity contribution in [3.05, 3.63) is 0 Å². The van der Waals surface area contributed by atoms with Crippen molar-refractivity contribution >= 4 is 5.97 Å². The van der Waals surface area contributed by atoms with Crippen LogP contribution in [0.2, 0.25) is 0 Å². The lowest BCUT2D eigenvalue weighted by molar-refractivity contribution is -0.149. The molecule has 0 aromatic carbocycles. The van der Waals surface area contributed by atoms with E-state index in [0.29, 0.717) is 19.2 Å². The lowest BCUT2D eigenvalue weighted by atomic mass is 9.99. The SMILES string of the molecule is CCOC(=O)C(C)(N)CN(C)C1CCCN(C)C1. The fourth-order valence-electron chi connectivity index (χ4n) is 2.51. The summed E-state index contributed by atoms with van der Waals surface area (Å²) in [7, 11) is 4.17. The van der Waals surface area contributed by atoms with Crippen LogP contribution >= 0.6 is 0 Å². The molecule has 2 atom stereocenters. The van der Waals surface area contributed by atoms with E-state index >= 15 is 0 Å². The van der Waals surface area contributed by atoms with Gasteiger partial charge in [0.1, 0.15) is 5.54 Å². The summed E-state index contributed by atoms with van der Waals surface area (Å²) in [5, 5.41) is 0. The van der Waals surface area contributed by atoms with Crippen molar-refractivity contribution in [2.45, 2.75) is 38.3 Å². The van der Waals surface area contributed by atoms with Gasteiger partial charge in [-0.3, -0.25) is 9.69 Å². The van der Waals surface area contributed by atoms with Gasteiger partial charge in [0.15, 0.2) is 0 Å². The number of likely N-dealkylation sites (tertiary alicyclic amines) is 1. The van der Waals surface area contributed by atoms with Crippen molar-refractivity contribution < 1.29 is 9.53 Å². The van der Waals surface area contributed by atoms with Crippen molar-refractivity contribution in [2.75, 3.05) is 40.3 Å². The quantitative estimate of drug-likeness (QED) is 0.718. The molecule has 0 bridgehead atoms. The molecular weight excluding hydrogens is 230 g/mol. The number of rotatable bonds is 5. The van der Waals surface area contributed by atoms with Crippen LogP contribution in [-0.4, -0.2) is 67.7 Å². The summed E-state index contributed by atoms with van der Waals surface area (Å²) in [6, 6.07) is 0.473. The molecule has 18 heavy (non-hydrogen) atoms. The van der Waals surface area contributed by atoms with Crippen LogP contribution in [0.1, 0.15) is 26.7 Å². The molecule has 1 fully saturated rings. The minimum Gasteiger partial charge on any atom is -0.465 e. The molecule has 0 aromatic heterocycles. The summed E-state index contributed by atoms with van der Waals surface area (Å²) in [4.78, 5) is 16.3. The molecule has 2 unspecified atom stereocenters. The molecule has 0 aromatic rings. The Morgan fingerprint density at radius 3 is 2.83 bits per heavy atom. The number of hydrogen-bond acceptors (Lipinski definition) is 5. The number of likely N-dealkylation sites (N-methyl/N-ethyl adjacent to an activating group) is 2. The van der Waals surface area contributed by atoms with Crippen LogP contribution in [0, 0.1) is 0 Å². The lowest BCUT2D eigenvalue weighted by Crippen LogP contribution is -2.57. The van der Waals surface area contributed by atoms with Crippen molar-refractivity contribution in [1.82, 2.24) is 9.80 Å². The Kier molecular flexibility index (Phi) is 5.56. The van der Waals surface area contributed by atoms with Gasteiger partial charge in [0.05, 0.1) is 6.61 Å². The topological polar surface area (TPSA) is 58.8 Å². The Morgan fingerprint density at radius 2 is 2.28 bits per heavy atom. The minimum atomic E-state index is -0.930. The standard InChI is InChI=1S/C13H27N3O2/c1-5-18-12(17)13(2,14)10-16(4)11-7-6-8-15(3)9-11/h11H,5-10,14H2,1-4H3. The van der Waals surface area contributed by atoms with Gasteiger partial charge in [0.2, 0.25) is 0 Å². The Balaban J connectivity index is 2.51. The van der Waals surface area contributed by atoms with E-state index in [1.54, 1.807) is 13.8 Å². The number of piperidine rings is 1. The third-order valence-electron chi connectivity index (χ3n) is 3.54. The highest BCUT2D eigenvalue weighted by Gasteiger charge is 2.33. The molecule has 0 amide bonds. The molecule has 1 aliphatic heterocycles. The van der Waals surface area contributed by atoms with Gasteiger partial charge in [-0.05, 0) is 47.3 Å². The first-order valence-electron chi connectivity index (χ1n) is 6.71. The monoisotopic (exact) mass is 257 g/mol. The maximum Gasteiger partial charge on any atom is 0.327 e. The van der Waals surface area contributed by atoms with Crippen LogP contribution in [0.15, 0.2) is 0 Å². The van der Waals surface area contributed by atoms with E-state index in [-0.39, 0.29) is 5.97 Å². The zero-order chi connectivity index (χ0) is 13.8. The predicted octanol–water partition coefficient (Wildman–Crippen LogP) is 0.293. The maximum atomic E-state index is 11.8. The normalized spacial score (nSPS) is 24.9. The first-order chi connectivity index (χ1) is 8.36. The van der Waals surface area contributed by atoms with Gasteiger partial charge in [-0.15, -0.1) is 0 Å². The molecule has 0 spiro atoms. The predicted molar refractivity (Wildman–Crippen MR) is 72.4 cm³/mol. The number of carbonyl (C=O) groups excluding carboxylic acids is 1. The third kappa shape index (κ3) is 4.23. The molecule has 0 saturated carbocycles. The molecular formula is C13H27N3O2. The van der Waals surface area contributed by atoms with Crippen LogP contribution in [0.4, 0.5) is 0 Å². The summed E-state index contributed by atoms with van der Waals surface area (Å²) >= 11 is 0. The summed E-state index contributed by atoms with van der Waals surface area (Å²) in [6.45, 7) is 6.64. The van der Waals surface area contributed by atoms with E-state index in [1.807, 2.05) is 7.05 Å². The van der Waals surface area contributed by atoms with Gasteiger partial charge in [0, 0.05) is 19.1 Å². The second kappa shape index (κ2) is 6.50. The second-order valence-electron chi connectivity index (χ2n) is 5.61. The number of hydrogen-bond donors (Lipinski definition) is 1. The molecule has 1 rings (SSSR count). The van der Waals surface area contributed by atoms with Crippen LogP contribution in [-0.2, 0) is 9.53 Å². The average molecular weight is 257 g/mol. The van der Waals surface area contributed by atoms with E-state index < -0.39 is 5.54 Å². The molecule has 1 heterocycles. The molecule has 0 radical (unpaired) electrons. The summed E-state index contributed by atoms with van der Waals surface area (Å²) in [6.07, 6.45) is 2.37. The zero-order valence-corrected chi connectivity index (χ0v) is 12.1.